The number of para-hydroxylation sites is 1. The lowest BCUT2D eigenvalue weighted by molar-refractivity contribution is -0.503. The number of nitrogens with zero attached hydrogens (tertiary/aromatic N) is 4. The van der Waals surface area contributed by atoms with Crippen LogP contribution < -0.4 is 30.3 Å². The van der Waals surface area contributed by atoms with E-state index in [0.717, 1.165) is 22.4 Å². The van der Waals surface area contributed by atoms with Gasteiger partial charge in [0.05, 0.1) is 30.9 Å². The Hall–Kier alpha value is -9.22. The Bertz CT molecular complexity index is 3190. The third-order valence-corrected chi connectivity index (χ3v) is 10.8. The number of aromatic amines is 1. The number of carbonyl (C=O) groups excluding carboxylic acids is 7. The number of hydrogen-bond acceptors (Lipinski definition) is 15. The number of methoxy groups -OCH3 is 1. The van der Waals surface area contributed by atoms with Gasteiger partial charge in [0.1, 0.15) is 29.9 Å². The molecule has 4 heterocycles. The molecule has 0 bridgehead atoms. The first-order chi connectivity index (χ1) is 39.1. The molecule has 0 unspecified atom stereocenters. The number of aromatic nitrogens is 5. The fourth-order valence-electron chi connectivity index (χ4n) is 6.53. The Balaban J connectivity index is 0.000000259. The monoisotopic (exact) mass is 1180 g/mol. The van der Waals surface area contributed by atoms with Crippen molar-refractivity contribution in [2.24, 2.45) is 20.0 Å². The van der Waals surface area contributed by atoms with Crippen LogP contribution in [0.5, 0.6) is 17.4 Å². The van der Waals surface area contributed by atoms with Crippen LogP contribution in [0.1, 0.15) is 89.1 Å². The highest BCUT2D eigenvalue weighted by Gasteiger charge is 2.35. The molecule has 1 aliphatic heterocycles. The minimum absolute atomic E-state index is 0.0334. The number of carbonyl (C=O) groups is 7. The SMILES string of the molecule is CC1CCCCC1.CC=O.COC(=O)c1cc(Cl)cc(Cl)c1.Cn1[nH]c(C(=O)OC(F)(F)F)cc1=O.Cn1ccc(OC(=O)Cc2ccccc2)n1.O=C(Oc1cccnc1)c1ccccc1.O=C1CC(C(=O)Oc2ccccc2)=[NH+]N1. The lowest BCUT2D eigenvalue weighted by atomic mass is 9.91. The predicted molar refractivity (Wildman–Crippen MR) is 295 cm³/mol. The summed E-state index contributed by atoms with van der Waals surface area (Å²) in [6, 6.07) is 37.3. The van der Waals surface area contributed by atoms with Gasteiger partial charge in [0.25, 0.3) is 17.2 Å². The molecule has 4 aromatic carbocycles. The zero-order valence-corrected chi connectivity index (χ0v) is 46.5. The number of aldehydes is 1. The number of alkyl halides is 3. The van der Waals surface area contributed by atoms with E-state index in [1.165, 1.54) is 71.5 Å². The van der Waals surface area contributed by atoms with Crippen molar-refractivity contribution in [2.45, 2.75) is 65.2 Å². The van der Waals surface area contributed by atoms with Crippen molar-refractivity contribution in [3.05, 3.63) is 195 Å². The molecular formula is C57H59Cl2F3N7O13+. The molecule has 0 radical (unpaired) electrons. The molecular weight excluding hydrogens is 1120 g/mol. The number of esters is 5. The number of pyridine rings is 1. The van der Waals surface area contributed by atoms with Crippen LogP contribution in [0.2, 0.25) is 10.0 Å². The minimum Gasteiger partial charge on any atom is -0.465 e. The molecule has 1 fully saturated rings. The van der Waals surface area contributed by atoms with Crippen molar-refractivity contribution in [3.8, 4) is 17.4 Å². The van der Waals surface area contributed by atoms with Gasteiger partial charge in [-0.25, -0.2) is 19.2 Å². The maximum Gasteiger partial charge on any atom is 0.575 e. The maximum atomic E-state index is 11.6. The van der Waals surface area contributed by atoms with Gasteiger partial charge in [0.2, 0.25) is 5.88 Å². The Labute approximate surface area is 479 Å². The number of rotatable bonds is 9. The van der Waals surface area contributed by atoms with Gasteiger partial charge in [-0.15, -0.1) is 28.8 Å². The predicted octanol–water partition coefficient (Wildman–Crippen LogP) is 8.38. The van der Waals surface area contributed by atoms with E-state index in [0.29, 0.717) is 44.6 Å². The number of hydrazone groups is 1. The summed E-state index contributed by atoms with van der Waals surface area (Å²) in [6.07, 6.45) is 8.28. The van der Waals surface area contributed by atoms with Gasteiger partial charge >= 0.3 is 36.2 Å². The van der Waals surface area contributed by atoms with E-state index < -0.39 is 35.5 Å². The number of hydrogen-bond donors (Lipinski definition) is 3. The Morgan fingerprint density at radius 1 is 0.732 bits per heavy atom. The molecule has 434 valence electrons. The highest BCUT2D eigenvalue weighted by molar-refractivity contribution is 6.38. The number of H-pyrrole nitrogens is 1. The van der Waals surface area contributed by atoms with Crippen molar-refractivity contribution in [1.82, 2.24) is 30.0 Å². The van der Waals surface area contributed by atoms with Crippen LogP contribution in [0.25, 0.3) is 0 Å². The van der Waals surface area contributed by atoms with Gasteiger partial charge in [0, 0.05) is 48.7 Å². The van der Waals surface area contributed by atoms with Crippen LogP contribution in [0, 0.1) is 5.92 Å². The van der Waals surface area contributed by atoms with E-state index in [4.69, 9.17) is 42.2 Å². The van der Waals surface area contributed by atoms with Crippen LogP contribution in [0.3, 0.4) is 0 Å². The molecule has 9 rings (SSSR count). The van der Waals surface area contributed by atoms with Crippen LogP contribution in [-0.4, -0.2) is 85.8 Å². The second kappa shape index (κ2) is 36.1. The van der Waals surface area contributed by atoms with Crippen LogP contribution >= 0.6 is 23.2 Å². The highest BCUT2D eigenvalue weighted by atomic mass is 35.5. The molecule has 1 amide bonds. The van der Waals surface area contributed by atoms with Crippen molar-refractivity contribution < 1.29 is 75.5 Å². The van der Waals surface area contributed by atoms with Gasteiger partial charge in [0.15, 0.2) is 0 Å². The molecule has 7 aromatic rings. The van der Waals surface area contributed by atoms with E-state index in [9.17, 15) is 46.7 Å². The van der Waals surface area contributed by atoms with Crippen molar-refractivity contribution >= 4 is 71.0 Å². The number of halogens is 5. The summed E-state index contributed by atoms with van der Waals surface area (Å²) < 4.78 is 59.9. The quantitative estimate of drug-likeness (QED) is 0.0696. The molecule has 3 N–H and O–H groups in total. The minimum atomic E-state index is -5.05. The number of aryl methyl sites for hydroxylation is 2. The van der Waals surface area contributed by atoms with E-state index in [2.05, 4.69) is 42.1 Å². The molecule has 25 heteroatoms. The fraction of sp³-hybridized carbons (Fsp3) is 0.246. The molecule has 0 saturated heterocycles. The van der Waals surface area contributed by atoms with Gasteiger partial charge in [-0.3, -0.25) is 33.8 Å². The molecule has 3 aromatic heterocycles. The summed E-state index contributed by atoms with van der Waals surface area (Å²) in [5.74, 6) is -1.27. The van der Waals surface area contributed by atoms with E-state index in [1.807, 2.05) is 42.5 Å². The average molecular weight is 1180 g/mol. The molecule has 20 nitrogen and oxygen atoms in total. The second-order valence-corrected chi connectivity index (χ2v) is 17.8. The molecule has 1 aliphatic carbocycles. The maximum absolute atomic E-state index is 11.6. The van der Waals surface area contributed by atoms with Gasteiger partial charge in [-0.05, 0) is 73.0 Å². The smallest absolute Gasteiger partial charge is 0.465 e. The highest BCUT2D eigenvalue weighted by Crippen LogP contribution is 2.22. The summed E-state index contributed by atoms with van der Waals surface area (Å²) in [4.78, 5) is 90.4. The van der Waals surface area contributed by atoms with Crippen LogP contribution in [-0.2, 0) is 49.2 Å². The Kier molecular flexibility index (Phi) is 29.5. The first-order valence-electron chi connectivity index (χ1n) is 24.7. The van der Waals surface area contributed by atoms with E-state index in [1.54, 1.807) is 96.9 Å². The number of amides is 1. The first-order valence-corrected chi connectivity index (χ1v) is 25.4. The van der Waals surface area contributed by atoms with Crippen molar-refractivity contribution in [3.63, 3.8) is 0 Å². The summed E-state index contributed by atoms with van der Waals surface area (Å²) in [7, 11) is 4.33. The second-order valence-electron chi connectivity index (χ2n) is 17.0. The normalized spacial score (nSPS) is 12.0. The number of nitrogens with one attached hydrogen (secondary N) is 3. The molecule has 2 aliphatic rings. The Morgan fingerprint density at radius 3 is 1.78 bits per heavy atom. The van der Waals surface area contributed by atoms with Crippen molar-refractivity contribution in [1.29, 1.82) is 0 Å². The van der Waals surface area contributed by atoms with E-state index >= 15 is 0 Å². The zero-order chi connectivity index (χ0) is 60.5. The van der Waals surface area contributed by atoms with Crippen LogP contribution in [0.15, 0.2) is 157 Å². The summed E-state index contributed by atoms with van der Waals surface area (Å²) in [5.41, 5.74) is 3.18. The van der Waals surface area contributed by atoms with Gasteiger partial charge < -0.3 is 28.5 Å². The summed E-state index contributed by atoms with van der Waals surface area (Å²) in [5, 5.41) is 9.37. The van der Waals surface area contributed by atoms with Gasteiger partial charge in [-0.1, -0.05) is 129 Å². The standard InChI is InChI=1S/C12H12N2O2.C12H9NO2.C10H8N2O3.C8H6Cl2O2.C7H14.C6H5F3N2O3.C2H4O/c1-14-8-7-11(13-14)16-12(15)9-10-5-3-2-4-6-10;14-12(10-5-2-1-3-6-10)15-11-7-4-8-13-9-11;13-9-6-8(11-12-9)10(14)15-7-4-2-1-3-5-7;1-12-8(11)5-2-6(9)4-7(10)3-5;1-7-5-3-2-4-6-7;1-11-4(12)2-3(10-11)5(13)14-6(7,8)9;1-2-3/h2-8H,9H2,1H3;1-9H;1-5H,6H2,(H,12,13);2-4H,1H3;7H,2-6H2,1H3;2,10H,1H3;2H,1H3/p+1. The third-order valence-electron chi connectivity index (χ3n) is 10.3. The Morgan fingerprint density at radius 2 is 1.30 bits per heavy atom. The molecule has 0 atom stereocenters. The number of hydrazine groups is 1. The zero-order valence-electron chi connectivity index (χ0n) is 45.0. The lowest BCUT2D eigenvalue weighted by Gasteiger charge is -2.15. The summed E-state index contributed by atoms with van der Waals surface area (Å²) in [6.45, 7) is 3.80. The average Bonchev–Trinajstić information content (AvgIpc) is 4.18. The molecule has 82 heavy (non-hydrogen) atoms. The number of ether oxygens (including phenoxy) is 5. The van der Waals surface area contributed by atoms with Gasteiger partial charge in [-0.2, -0.15) is 0 Å². The summed E-state index contributed by atoms with van der Waals surface area (Å²) >= 11 is 11.3. The van der Waals surface area contributed by atoms with Crippen molar-refractivity contribution in [2.75, 3.05) is 7.11 Å². The molecule has 1 saturated carbocycles. The fourth-order valence-corrected chi connectivity index (χ4v) is 7.06. The number of benzene rings is 4. The lowest BCUT2D eigenvalue weighted by Crippen LogP contribution is -2.81. The molecule has 0 spiro atoms. The topological polar surface area (TPSA) is 260 Å². The van der Waals surface area contributed by atoms with E-state index in [-0.39, 0.29) is 36.4 Å². The largest absolute Gasteiger partial charge is 0.575 e. The first kappa shape index (κ1) is 67.1. The third kappa shape index (κ3) is 27.6. The van der Waals surface area contributed by atoms with Crippen LogP contribution in [0.4, 0.5) is 13.2 Å².